The van der Waals surface area contributed by atoms with Gasteiger partial charge in [0, 0.05) is 5.02 Å². The molecule has 0 aromatic heterocycles. The Morgan fingerprint density at radius 1 is 1.50 bits per heavy atom. The van der Waals surface area contributed by atoms with Crippen molar-refractivity contribution in [2.75, 3.05) is 4.90 Å². The lowest BCUT2D eigenvalue weighted by Crippen LogP contribution is -2.29. The molecular weight excluding hydrogens is 256 g/mol. The molecule has 1 amide bonds. The lowest BCUT2D eigenvalue weighted by molar-refractivity contribution is -0.133. The van der Waals surface area contributed by atoms with Crippen LogP contribution in [0.15, 0.2) is 29.6 Å². The van der Waals surface area contributed by atoms with Gasteiger partial charge in [-0.1, -0.05) is 17.7 Å². The summed E-state index contributed by atoms with van der Waals surface area (Å²) in [5.74, 6) is -1.59. The van der Waals surface area contributed by atoms with Crippen molar-refractivity contribution in [3.63, 3.8) is 0 Å². The third kappa shape index (κ3) is 1.82. The van der Waals surface area contributed by atoms with Crippen molar-refractivity contribution in [1.82, 2.24) is 0 Å². The number of rotatable bonds is 2. The molecule has 0 saturated carbocycles. The molecule has 0 aliphatic carbocycles. The molecule has 0 atom stereocenters. The van der Waals surface area contributed by atoms with Crippen molar-refractivity contribution in [3.05, 3.63) is 40.2 Å². The summed E-state index contributed by atoms with van der Waals surface area (Å²) in [7, 11) is 0. The number of hydrogen-bond acceptors (Lipinski definition) is 3. The summed E-state index contributed by atoms with van der Waals surface area (Å²) in [6.07, 6.45) is -0.201. The van der Waals surface area contributed by atoms with Crippen LogP contribution in [-0.4, -0.2) is 17.0 Å². The van der Waals surface area contributed by atoms with E-state index < -0.39 is 5.97 Å². The van der Waals surface area contributed by atoms with Crippen LogP contribution in [-0.2, 0) is 9.59 Å². The van der Waals surface area contributed by atoms with Gasteiger partial charge in [-0.25, -0.2) is 4.79 Å². The molecule has 2 rings (SSSR count). The smallest absolute Gasteiger partial charge is 0.335 e. The van der Waals surface area contributed by atoms with E-state index in [0.29, 0.717) is 16.3 Å². The Labute approximate surface area is 108 Å². The van der Waals surface area contributed by atoms with E-state index in [1.165, 1.54) is 4.90 Å². The normalized spacial score (nSPS) is 15.4. The number of hydrogen-bond donors (Lipinski definition) is 2. The van der Waals surface area contributed by atoms with E-state index in [1.54, 1.807) is 25.1 Å². The van der Waals surface area contributed by atoms with Gasteiger partial charge in [-0.15, -0.1) is 0 Å². The third-order valence-electron chi connectivity index (χ3n) is 2.87. The first-order valence-corrected chi connectivity index (χ1v) is 5.61. The average Bonchev–Trinajstić information content (AvgIpc) is 2.59. The number of carbonyl (C=O) groups is 2. The van der Waals surface area contributed by atoms with Gasteiger partial charge in [-0.05, 0) is 24.6 Å². The van der Waals surface area contributed by atoms with Gasteiger partial charge in [0.15, 0.2) is 0 Å². The molecule has 0 saturated heterocycles. The second-order valence-electron chi connectivity index (χ2n) is 3.96. The number of benzene rings is 1. The fraction of sp³-hybridized carbons (Fsp3) is 0.167. The Morgan fingerprint density at radius 3 is 2.72 bits per heavy atom. The quantitative estimate of drug-likeness (QED) is 0.852. The summed E-state index contributed by atoms with van der Waals surface area (Å²) in [6.45, 7) is 1.75. The van der Waals surface area contributed by atoms with Crippen LogP contribution in [0.3, 0.4) is 0 Å². The monoisotopic (exact) mass is 266 g/mol. The van der Waals surface area contributed by atoms with Crippen LogP contribution in [0.5, 0.6) is 0 Å². The van der Waals surface area contributed by atoms with Gasteiger partial charge in [0.2, 0.25) is 5.91 Å². The Balaban J connectivity index is 2.54. The van der Waals surface area contributed by atoms with Crippen molar-refractivity contribution in [1.29, 1.82) is 0 Å². The highest BCUT2D eigenvalue weighted by Gasteiger charge is 2.34. The van der Waals surface area contributed by atoms with Gasteiger partial charge >= 0.3 is 5.97 Å². The lowest BCUT2D eigenvalue weighted by atomic mass is 10.2. The predicted molar refractivity (Wildman–Crippen MR) is 67.1 cm³/mol. The maximum atomic E-state index is 11.9. The number of nitrogens with zero attached hydrogens (tertiary/aromatic N) is 1. The molecule has 1 aliphatic heterocycles. The largest absolute Gasteiger partial charge is 0.478 e. The second-order valence-corrected chi connectivity index (χ2v) is 4.37. The van der Waals surface area contributed by atoms with Gasteiger partial charge in [0.25, 0.3) is 0 Å². The first-order valence-electron chi connectivity index (χ1n) is 5.23. The van der Waals surface area contributed by atoms with E-state index in [-0.39, 0.29) is 23.7 Å². The van der Waals surface area contributed by atoms with Crippen LogP contribution >= 0.6 is 11.6 Å². The van der Waals surface area contributed by atoms with Crippen LogP contribution < -0.4 is 10.6 Å². The van der Waals surface area contributed by atoms with E-state index in [2.05, 4.69) is 0 Å². The number of anilines is 1. The van der Waals surface area contributed by atoms with Crippen molar-refractivity contribution in [3.8, 4) is 0 Å². The van der Waals surface area contributed by atoms with E-state index in [1.807, 2.05) is 0 Å². The Morgan fingerprint density at radius 2 is 2.17 bits per heavy atom. The number of carboxylic acid groups (broad SMARTS) is 1. The average molecular weight is 267 g/mol. The third-order valence-corrected chi connectivity index (χ3v) is 3.28. The lowest BCUT2D eigenvalue weighted by Gasteiger charge is -2.20. The minimum Gasteiger partial charge on any atom is -0.478 e. The molecule has 0 radical (unpaired) electrons. The highest BCUT2D eigenvalue weighted by molar-refractivity contribution is 6.31. The minimum absolute atomic E-state index is 0.0436. The zero-order valence-electron chi connectivity index (χ0n) is 9.61. The SMILES string of the molecule is Cc1c(Cl)cccc1N1C(=O)CC(C(=O)O)=C1N. The first kappa shape index (κ1) is 12.4. The van der Waals surface area contributed by atoms with Crippen LogP contribution in [0.4, 0.5) is 5.69 Å². The maximum absolute atomic E-state index is 11.9. The molecule has 5 nitrogen and oxygen atoms in total. The number of halogens is 1. The van der Waals surface area contributed by atoms with Gasteiger partial charge in [0.05, 0.1) is 17.7 Å². The van der Waals surface area contributed by atoms with Gasteiger partial charge in [-0.3, -0.25) is 9.69 Å². The van der Waals surface area contributed by atoms with E-state index in [9.17, 15) is 9.59 Å². The fourth-order valence-electron chi connectivity index (χ4n) is 1.88. The minimum atomic E-state index is -1.18. The van der Waals surface area contributed by atoms with Crippen LogP contribution in [0.25, 0.3) is 0 Å². The van der Waals surface area contributed by atoms with Crippen molar-refractivity contribution < 1.29 is 14.7 Å². The molecule has 1 aromatic rings. The van der Waals surface area contributed by atoms with E-state index in [0.717, 1.165) is 0 Å². The van der Waals surface area contributed by atoms with Gasteiger partial charge in [0.1, 0.15) is 5.82 Å². The molecule has 18 heavy (non-hydrogen) atoms. The van der Waals surface area contributed by atoms with Crippen LogP contribution in [0.2, 0.25) is 5.02 Å². The molecule has 1 heterocycles. The zero-order chi connectivity index (χ0) is 13.4. The number of amides is 1. The zero-order valence-corrected chi connectivity index (χ0v) is 10.4. The van der Waals surface area contributed by atoms with E-state index in [4.69, 9.17) is 22.4 Å². The molecule has 3 N–H and O–H groups in total. The molecule has 94 valence electrons. The van der Waals surface area contributed by atoms with E-state index >= 15 is 0 Å². The molecule has 0 bridgehead atoms. The highest BCUT2D eigenvalue weighted by Crippen LogP contribution is 2.32. The molecule has 1 aromatic carbocycles. The highest BCUT2D eigenvalue weighted by atomic mass is 35.5. The number of nitrogens with two attached hydrogens (primary N) is 1. The Hall–Kier alpha value is -2.01. The van der Waals surface area contributed by atoms with Crippen molar-refractivity contribution >= 4 is 29.2 Å². The summed E-state index contributed by atoms with van der Waals surface area (Å²) in [4.78, 5) is 24.0. The summed E-state index contributed by atoms with van der Waals surface area (Å²) in [5.41, 5.74) is 6.84. The molecule has 6 heteroatoms. The first-order chi connectivity index (χ1) is 8.43. The second kappa shape index (κ2) is 4.34. The molecule has 0 spiro atoms. The molecule has 1 aliphatic rings. The standard InChI is InChI=1S/C12H11ClN2O3/c1-6-8(13)3-2-4-9(6)15-10(16)5-7(11(15)14)12(17)18/h2-4H,5,14H2,1H3,(H,17,18). The number of carbonyl (C=O) groups excluding carboxylic acids is 1. The van der Waals surface area contributed by atoms with Crippen LogP contribution in [0.1, 0.15) is 12.0 Å². The van der Waals surface area contributed by atoms with Crippen molar-refractivity contribution in [2.24, 2.45) is 5.73 Å². The molecule has 0 unspecified atom stereocenters. The summed E-state index contributed by atoms with van der Waals surface area (Å²) >= 11 is 5.98. The van der Waals surface area contributed by atoms with Gasteiger partial charge in [-0.2, -0.15) is 0 Å². The summed E-state index contributed by atoms with van der Waals surface area (Å²) in [5, 5.41) is 9.44. The Kier molecular flexibility index (Phi) is 3.00. The predicted octanol–water partition coefficient (Wildman–Crippen LogP) is 1.64. The molecule has 0 fully saturated rings. The topological polar surface area (TPSA) is 83.6 Å². The molecular formula is C12H11ClN2O3. The van der Waals surface area contributed by atoms with Crippen LogP contribution in [0, 0.1) is 6.92 Å². The maximum Gasteiger partial charge on any atom is 0.335 e. The van der Waals surface area contributed by atoms with Crippen molar-refractivity contribution in [2.45, 2.75) is 13.3 Å². The number of aliphatic carboxylic acids is 1. The summed E-state index contributed by atoms with van der Waals surface area (Å²) in [6, 6.07) is 5.06. The Bertz CT molecular complexity index is 581. The number of carboxylic acids is 1. The fourth-order valence-corrected chi connectivity index (χ4v) is 2.05. The van der Waals surface area contributed by atoms with Gasteiger partial charge < -0.3 is 10.8 Å². The summed E-state index contributed by atoms with van der Waals surface area (Å²) < 4.78 is 0.